The average molecular weight is 384 g/mol. The quantitative estimate of drug-likeness (QED) is 0.761. The number of rotatable bonds is 7. The molecule has 0 saturated carbocycles. The lowest BCUT2D eigenvalue weighted by Gasteiger charge is -2.31. The molecule has 1 heterocycles. The van der Waals surface area contributed by atoms with Gasteiger partial charge in [-0.1, -0.05) is 17.7 Å². The summed E-state index contributed by atoms with van der Waals surface area (Å²) in [5.74, 6) is 1.72. The Bertz CT molecular complexity index is 432. The monoisotopic (exact) mass is 382 g/mol. The van der Waals surface area contributed by atoms with Gasteiger partial charge in [-0.3, -0.25) is 0 Å². The molecule has 1 saturated heterocycles. The molecule has 0 spiro atoms. The largest absolute Gasteiger partial charge is 0.493 e. The Morgan fingerprint density at radius 2 is 2.04 bits per heavy atom. The van der Waals surface area contributed by atoms with Gasteiger partial charge < -0.3 is 15.0 Å². The molecule has 2 rings (SSSR count). The molecule has 1 aliphatic rings. The van der Waals surface area contributed by atoms with Gasteiger partial charge in [-0.25, -0.2) is 0 Å². The number of nitrogens with one attached hydrogen (secondary N) is 1. The van der Waals surface area contributed by atoms with Gasteiger partial charge in [0.15, 0.2) is 0 Å². The zero-order valence-electron chi connectivity index (χ0n) is 14.0. The molecule has 0 radical (unpaired) electrons. The van der Waals surface area contributed by atoms with Gasteiger partial charge in [0, 0.05) is 11.1 Å². The Balaban J connectivity index is 0.00000242. The van der Waals surface area contributed by atoms with Crippen molar-refractivity contribution in [3.05, 3.63) is 29.3 Å². The minimum absolute atomic E-state index is 0. The lowest BCUT2D eigenvalue weighted by atomic mass is 9.88. The van der Waals surface area contributed by atoms with Crippen molar-refractivity contribution in [2.24, 2.45) is 5.92 Å². The summed E-state index contributed by atoms with van der Waals surface area (Å²) in [6, 6.07) is 8.21. The van der Waals surface area contributed by atoms with Crippen molar-refractivity contribution in [3.63, 3.8) is 0 Å². The molecule has 1 aliphatic heterocycles. The van der Waals surface area contributed by atoms with Gasteiger partial charge in [0.25, 0.3) is 0 Å². The highest BCUT2D eigenvalue weighted by Crippen LogP contribution is 2.22. The fourth-order valence-corrected chi connectivity index (χ4v) is 3.07. The minimum Gasteiger partial charge on any atom is -0.493 e. The van der Waals surface area contributed by atoms with E-state index >= 15 is 0 Å². The van der Waals surface area contributed by atoms with E-state index in [1.165, 1.54) is 25.8 Å². The number of benzene rings is 1. The van der Waals surface area contributed by atoms with Crippen molar-refractivity contribution < 1.29 is 4.74 Å². The second-order valence-electron chi connectivity index (χ2n) is 6.23. The number of hydrogen-bond acceptors (Lipinski definition) is 3. The van der Waals surface area contributed by atoms with Crippen LogP contribution < -0.4 is 10.1 Å². The summed E-state index contributed by atoms with van der Waals surface area (Å²) in [5.41, 5.74) is 0. The van der Waals surface area contributed by atoms with Gasteiger partial charge in [0.1, 0.15) is 5.75 Å². The van der Waals surface area contributed by atoms with Crippen molar-refractivity contribution >= 4 is 36.4 Å². The second-order valence-corrected chi connectivity index (χ2v) is 6.66. The predicted molar refractivity (Wildman–Crippen MR) is 104 cm³/mol. The molecule has 1 aromatic carbocycles. The van der Waals surface area contributed by atoms with Crippen LogP contribution in [0.4, 0.5) is 0 Å². The topological polar surface area (TPSA) is 24.5 Å². The van der Waals surface area contributed by atoms with E-state index in [-0.39, 0.29) is 24.8 Å². The minimum atomic E-state index is 0. The van der Waals surface area contributed by atoms with E-state index in [4.69, 9.17) is 16.3 Å². The molecular formula is C17H29Cl3N2O. The fraction of sp³-hybridized carbons (Fsp3) is 0.647. The van der Waals surface area contributed by atoms with Crippen molar-refractivity contribution in [2.75, 3.05) is 33.8 Å². The molecule has 1 aromatic rings. The molecular weight excluding hydrogens is 355 g/mol. The van der Waals surface area contributed by atoms with Crippen LogP contribution in [0.15, 0.2) is 24.3 Å². The first-order chi connectivity index (χ1) is 10.1. The van der Waals surface area contributed by atoms with Crippen molar-refractivity contribution in [3.8, 4) is 5.75 Å². The Morgan fingerprint density at radius 3 is 2.74 bits per heavy atom. The van der Waals surface area contributed by atoms with Gasteiger partial charge >= 0.3 is 0 Å². The summed E-state index contributed by atoms with van der Waals surface area (Å²) in [6.07, 6.45) is 4.94. The van der Waals surface area contributed by atoms with Crippen LogP contribution in [0, 0.1) is 5.92 Å². The molecule has 0 aromatic heterocycles. The standard InChI is InChI=1S/C17H27ClN2O.2ClH/c1-20(2)10-7-14-6-9-19-16(12-14)8-11-21-17-5-3-4-15(18)13-17;;/h3-5,13-14,16,19H,6-12H2,1-2H3;2*1H. The lowest BCUT2D eigenvalue weighted by Crippen LogP contribution is -2.39. The Kier molecular flexibility index (Phi) is 12.1. The number of ether oxygens (including phenoxy) is 1. The maximum absolute atomic E-state index is 5.96. The van der Waals surface area contributed by atoms with Crippen molar-refractivity contribution in [2.45, 2.75) is 31.7 Å². The smallest absolute Gasteiger partial charge is 0.120 e. The summed E-state index contributed by atoms with van der Waals surface area (Å²) in [4.78, 5) is 2.28. The summed E-state index contributed by atoms with van der Waals surface area (Å²) in [5, 5.41) is 4.34. The van der Waals surface area contributed by atoms with Gasteiger partial charge in [0.05, 0.1) is 6.61 Å². The van der Waals surface area contributed by atoms with Gasteiger partial charge in [-0.05, 0) is 77.0 Å². The molecule has 23 heavy (non-hydrogen) atoms. The molecule has 1 N–H and O–H groups in total. The highest BCUT2D eigenvalue weighted by Gasteiger charge is 2.21. The number of hydrogen-bond donors (Lipinski definition) is 1. The Hall–Kier alpha value is -0.190. The highest BCUT2D eigenvalue weighted by molar-refractivity contribution is 6.30. The Labute approximate surface area is 157 Å². The normalized spacial score (nSPS) is 20.5. The van der Waals surface area contributed by atoms with Crippen LogP contribution in [0.25, 0.3) is 0 Å². The van der Waals surface area contributed by atoms with Crippen LogP contribution in [0.2, 0.25) is 5.02 Å². The molecule has 0 aliphatic carbocycles. The van der Waals surface area contributed by atoms with Crippen LogP contribution in [0.5, 0.6) is 5.75 Å². The third kappa shape index (κ3) is 9.02. The van der Waals surface area contributed by atoms with E-state index in [1.807, 2.05) is 24.3 Å². The number of piperidine rings is 1. The zero-order chi connectivity index (χ0) is 15.1. The van der Waals surface area contributed by atoms with Crippen LogP contribution in [0.3, 0.4) is 0 Å². The molecule has 0 bridgehead atoms. The molecule has 3 nitrogen and oxygen atoms in total. The second kappa shape index (κ2) is 12.2. The third-order valence-corrected chi connectivity index (χ3v) is 4.35. The predicted octanol–water partition coefficient (Wildman–Crippen LogP) is 4.27. The Morgan fingerprint density at radius 1 is 1.26 bits per heavy atom. The van der Waals surface area contributed by atoms with Crippen LogP contribution in [-0.2, 0) is 0 Å². The first kappa shape index (κ1) is 22.8. The van der Waals surface area contributed by atoms with E-state index in [0.717, 1.165) is 36.3 Å². The molecule has 1 fully saturated rings. The maximum atomic E-state index is 5.96. The van der Waals surface area contributed by atoms with Crippen LogP contribution in [-0.4, -0.2) is 44.7 Å². The summed E-state index contributed by atoms with van der Waals surface area (Å²) in [7, 11) is 4.30. The van der Waals surface area contributed by atoms with Crippen LogP contribution >= 0.6 is 36.4 Å². The van der Waals surface area contributed by atoms with E-state index in [2.05, 4.69) is 24.3 Å². The number of nitrogens with zero attached hydrogens (tertiary/aromatic N) is 1. The zero-order valence-corrected chi connectivity index (χ0v) is 16.4. The van der Waals surface area contributed by atoms with E-state index in [1.54, 1.807) is 0 Å². The average Bonchev–Trinajstić information content (AvgIpc) is 2.46. The van der Waals surface area contributed by atoms with Crippen LogP contribution in [0.1, 0.15) is 25.7 Å². The highest BCUT2D eigenvalue weighted by atomic mass is 35.5. The molecule has 2 unspecified atom stereocenters. The van der Waals surface area contributed by atoms with Gasteiger partial charge in [-0.2, -0.15) is 0 Å². The van der Waals surface area contributed by atoms with Crippen molar-refractivity contribution in [1.82, 2.24) is 10.2 Å². The van der Waals surface area contributed by atoms with E-state index in [9.17, 15) is 0 Å². The summed E-state index contributed by atoms with van der Waals surface area (Å²) in [6.45, 7) is 3.08. The maximum Gasteiger partial charge on any atom is 0.120 e. The first-order valence-electron chi connectivity index (χ1n) is 7.90. The first-order valence-corrected chi connectivity index (χ1v) is 8.28. The molecule has 134 valence electrons. The van der Waals surface area contributed by atoms with E-state index in [0.29, 0.717) is 6.04 Å². The summed E-state index contributed by atoms with van der Waals surface area (Å²) >= 11 is 5.96. The molecule has 2 atom stereocenters. The fourth-order valence-electron chi connectivity index (χ4n) is 2.89. The number of halogens is 3. The SMILES string of the molecule is CN(C)CCC1CCNC(CCOc2cccc(Cl)c2)C1.Cl.Cl. The van der Waals surface area contributed by atoms with Gasteiger partial charge in [-0.15, -0.1) is 24.8 Å². The molecule has 0 amide bonds. The van der Waals surface area contributed by atoms with E-state index < -0.39 is 0 Å². The van der Waals surface area contributed by atoms with Crippen molar-refractivity contribution in [1.29, 1.82) is 0 Å². The third-order valence-electron chi connectivity index (χ3n) is 4.12. The van der Waals surface area contributed by atoms with Gasteiger partial charge in [0.2, 0.25) is 0 Å². The lowest BCUT2D eigenvalue weighted by molar-refractivity contribution is 0.222. The summed E-state index contributed by atoms with van der Waals surface area (Å²) < 4.78 is 5.79. The molecule has 6 heteroatoms.